The molecular formula is C7H4BrFO2. The number of phenolic OH excluding ortho intramolecular Hbond substituents is 1. The number of aromatic hydroxyl groups is 1. The fourth-order valence-corrected chi connectivity index (χ4v) is 0.954. The van der Waals surface area contributed by atoms with E-state index in [0.29, 0.717) is 6.29 Å². The van der Waals surface area contributed by atoms with Crippen molar-refractivity contribution in [2.75, 3.05) is 0 Å². The van der Waals surface area contributed by atoms with Gasteiger partial charge in [0.15, 0.2) is 17.9 Å². The average Bonchev–Trinajstić information content (AvgIpc) is 2.01. The molecule has 0 saturated carbocycles. The highest BCUT2D eigenvalue weighted by molar-refractivity contribution is 9.10. The summed E-state index contributed by atoms with van der Waals surface area (Å²) in [6.07, 6.45) is 0.349. The van der Waals surface area contributed by atoms with Gasteiger partial charge in [0.05, 0.1) is 10.0 Å². The molecule has 0 atom stereocenters. The number of aldehydes is 1. The van der Waals surface area contributed by atoms with E-state index in [9.17, 15) is 9.18 Å². The monoisotopic (exact) mass is 218 g/mol. The van der Waals surface area contributed by atoms with Gasteiger partial charge < -0.3 is 5.11 Å². The van der Waals surface area contributed by atoms with Crippen LogP contribution >= 0.6 is 15.9 Å². The molecule has 0 spiro atoms. The van der Waals surface area contributed by atoms with Gasteiger partial charge in [-0.05, 0) is 28.1 Å². The highest BCUT2D eigenvalue weighted by atomic mass is 79.9. The van der Waals surface area contributed by atoms with E-state index in [0.717, 1.165) is 0 Å². The normalized spacial score (nSPS) is 9.64. The van der Waals surface area contributed by atoms with Gasteiger partial charge in [-0.25, -0.2) is 4.39 Å². The Kier molecular flexibility index (Phi) is 2.24. The van der Waals surface area contributed by atoms with Gasteiger partial charge in [-0.3, -0.25) is 4.79 Å². The molecule has 1 aromatic rings. The maximum absolute atomic E-state index is 12.8. The molecule has 0 aliphatic rings. The molecule has 1 rings (SSSR count). The molecule has 0 heterocycles. The zero-order chi connectivity index (χ0) is 8.43. The van der Waals surface area contributed by atoms with Gasteiger partial charge in [0.2, 0.25) is 0 Å². The molecule has 0 aliphatic carbocycles. The molecule has 1 N–H and O–H groups in total. The Balaban J connectivity index is 3.36. The number of carbonyl (C=O) groups excluding carboxylic acids is 1. The van der Waals surface area contributed by atoms with Crippen LogP contribution in [0.3, 0.4) is 0 Å². The van der Waals surface area contributed by atoms with Gasteiger partial charge in [0.1, 0.15) is 0 Å². The Morgan fingerprint density at radius 3 is 2.73 bits per heavy atom. The van der Waals surface area contributed by atoms with Crippen molar-refractivity contribution < 1.29 is 14.3 Å². The summed E-state index contributed by atoms with van der Waals surface area (Å²) in [4.78, 5) is 10.1. The molecule has 11 heavy (non-hydrogen) atoms. The Hall–Kier alpha value is -0.900. The first kappa shape index (κ1) is 8.20. The predicted molar refractivity (Wildman–Crippen MR) is 41.2 cm³/mol. The number of halogens is 2. The molecule has 2 nitrogen and oxygen atoms in total. The van der Waals surface area contributed by atoms with Crippen LogP contribution in [0, 0.1) is 5.82 Å². The van der Waals surface area contributed by atoms with Gasteiger partial charge in [0.25, 0.3) is 0 Å². The van der Waals surface area contributed by atoms with Crippen molar-refractivity contribution in [1.29, 1.82) is 0 Å². The molecule has 0 aliphatic heterocycles. The fourth-order valence-electron chi connectivity index (χ4n) is 0.648. The van der Waals surface area contributed by atoms with Crippen LogP contribution in [0.4, 0.5) is 4.39 Å². The molecule has 0 fully saturated rings. The summed E-state index contributed by atoms with van der Waals surface area (Å²) in [5.41, 5.74) is -0.147. The standard InChI is InChI=1S/C7H4BrFO2/c8-5-2-1-4(3-10)6(9)7(5)11/h1-3,11H. The van der Waals surface area contributed by atoms with E-state index in [1.807, 2.05) is 0 Å². The van der Waals surface area contributed by atoms with Crippen molar-refractivity contribution in [1.82, 2.24) is 0 Å². The van der Waals surface area contributed by atoms with Gasteiger partial charge in [-0.15, -0.1) is 0 Å². The van der Waals surface area contributed by atoms with E-state index in [-0.39, 0.29) is 10.0 Å². The minimum absolute atomic E-state index is 0.147. The van der Waals surface area contributed by atoms with Gasteiger partial charge in [-0.2, -0.15) is 0 Å². The van der Waals surface area contributed by atoms with E-state index in [1.54, 1.807) is 0 Å². The summed E-state index contributed by atoms with van der Waals surface area (Å²) >= 11 is 2.90. The van der Waals surface area contributed by atoms with E-state index in [1.165, 1.54) is 12.1 Å². The van der Waals surface area contributed by atoms with Crippen molar-refractivity contribution in [3.8, 4) is 5.75 Å². The molecule has 0 radical (unpaired) electrons. The molecule has 0 bridgehead atoms. The minimum Gasteiger partial charge on any atom is -0.504 e. The Labute approximate surface area is 70.8 Å². The van der Waals surface area contributed by atoms with Crippen LogP contribution in [-0.2, 0) is 0 Å². The number of phenols is 1. The molecule has 0 amide bonds. The number of rotatable bonds is 1. The van der Waals surface area contributed by atoms with E-state index >= 15 is 0 Å². The summed E-state index contributed by atoms with van der Waals surface area (Å²) in [5, 5.41) is 8.94. The van der Waals surface area contributed by atoms with Crippen LogP contribution in [0.15, 0.2) is 16.6 Å². The lowest BCUT2D eigenvalue weighted by molar-refractivity contribution is 0.111. The smallest absolute Gasteiger partial charge is 0.176 e. The lowest BCUT2D eigenvalue weighted by Gasteiger charge is -1.99. The summed E-state index contributed by atoms with van der Waals surface area (Å²) in [6, 6.07) is 2.69. The Morgan fingerprint density at radius 2 is 2.18 bits per heavy atom. The van der Waals surface area contributed by atoms with Gasteiger partial charge >= 0.3 is 0 Å². The molecular weight excluding hydrogens is 215 g/mol. The van der Waals surface area contributed by atoms with Crippen LogP contribution in [0.25, 0.3) is 0 Å². The third-order valence-corrected chi connectivity index (χ3v) is 1.86. The van der Waals surface area contributed by atoms with Crippen molar-refractivity contribution in [2.24, 2.45) is 0 Å². The third kappa shape index (κ3) is 1.40. The SMILES string of the molecule is O=Cc1ccc(Br)c(O)c1F. The van der Waals surface area contributed by atoms with Crippen LogP contribution in [-0.4, -0.2) is 11.4 Å². The summed E-state index contributed by atoms with van der Waals surface area (Å²) < 4.78 is 13.0. The number of benzene rings is 1. The Bertz CT molecular complexity index is 299. The topological polar surface area (TPSA) is 37.3 Å². The maximum Gasteiger partial charge on any atom is 0.176 e. The van der Waals surface area contributed by atoms with Gasteiger partial charge in [-0.1, -0.05) is 0 Å². The van der Waals surface area contributed by atoms with E-state index in [2.05, 4.69) is 15.9 Å². The van der Waals surface area contributed by atoms with E-state index in [4.69, 9.17) is 5.11 Å². The minimum atomic E-state index is -0.894. The van der Waals surface area contributed by atoms with Crippen molar-refractivity contribution in [2.45, 2.75) is 0 Å². The second-order valence-electron chi connectivity index (χ2n) is 1.92. The second-order valence-corrected chi connectivity index (χ2v) is 2.77. The van der Waals surface area contributed by atoms with Gasteiger partial charge in [0, 0.05) is 0 Å². The van der Waals surface area contributed by atoms with E-state index < -0.39 is 11.6 Å². The number of carbonyl (C=O) groups is 1. The number of hydrogen-bond donors (Lipinski definition) is 1. The average molecular weight is 219 g/mol. The number of hydrogen-bond acceptors (Lipinski definition) is 2. The lowest BCUT2D eigenvalue weighted by atomic mass is 10.2. The quantitative estimate of drug-likeness (QED) is 0.734. The zero-order valence-corrected chi connectivity index (χ0v) is 6.93. The molecule has 0 aromatic heterocycles. The van der Waals surface area contributed by atoms with Crippen molar-refractivity contribution >= 4 is 22.2 Å². The zero-order valence-electron chi connectivity index (χ0n) is 5.34. The molecule has 0 unspecified atom stereocenters. The highest BCUT2D eigenvalue weighted by Crippen LogP contribution is 2.27. The fraction of sp³-hybridized carbons (Fsp3) is 0. The van der Waals surface area contributed by atoms with Crippen LogP contribution < -0.4 is 0 Å². The van der Waals surface area contributed by atoms with Crippen LogP contribution in [0.1, 0.15) is 10.4 Å². The summed E-state index contributed by atoms with van der Waals surface area (Å²) in [6.45, 7) is 0. The first-order chi connectivity index (χ1) is 5.16. The van der Waals surface area contributed by atoms with Crippen LogP contribution in [0.5, 0.6) is 5.75 Å². The second kappa shape index (κ2) is 3.00. The van der Waals surface area contributed by atoms with Crippen molar-refractivity contribution in [3.05, 3.63) is 28.0 Å². The molecule has 0 saturated heterocycles. The van der Waals surface area contributed by atoms with Crippen LogP contribution in [0.2, 0.25) is 0 Å². The lowest BCUT2D eigenvalue weighted by Crippen LogP contribution is -1.87. The molecule has 1 aromatic carbocycles. The summed E-state index contributed by atoms with van der Waals surface area (Å²) in [5.74, 6) is -1.43. The predicted octanol–water partition coefficient (Wildman–Crippen LogP) is 2.11. The Morgan fingerprint density at radius 1 is 1.55 bits per heavy atom. The first-order valence-electron chi connectivity index (χ1n) is 2.79. The molecule has 58 valence electrons. The first-order valence-corrected chi connectivity index (χ1v) is 3.58. The van der Waals surface area contributed by atoms with Crippen molar-refractivity contribution in [3.63, 3.8) is 0 Å². The highest BCUT2D eigenvalue weighted by Gasteiger charge is 2.09. The molecule has 4 heteroatoms. The third-order valence-electron chi connectivity index (χ3n) is 1.22. The maximum atomic E-state index is 12.8. The largest absolute Gasteiger partial charge is 0.504 e. The summed E-state index contributed by atoms with van der Waals surface area (Å²) in [7, 11) is 0.